The Morgan fingerprint density at radius 2 is 1.80 bits per heavy atom. The number of rotatable bonds is 5. The molecule has 0 radical (unpaired) electrons. The van der Waals surface area contributed by atoms with Crippen LogP contribution in [-0.4, -0.2) is 11.8 Å². The number of carbonyl (C=O) groups is 2. The molecule has 0 unspecified atom stereocenters. The quantitative estimate of drug-likeness (QED) is 0.431. The predicted molar refractivity (Wildman–Crippen MR) is 64.9 cm³/mol. The highest BCUT2D eigenvalue weighted by molar-refractivity contribution is 5.83. The lowest BCUT2D eigenvalue weighted by Gasteiger charge is -2.09. The van der Waals surface area contributed by atoms with Crippen LogP contribution in [0.25, 0.3) is 0 Å². The minimum absolute atomic E-state index is 0.0347. The van der Waals surface area contributed by atoms with Crippen LogP contribution in [0, 0.1) is 0 Å². The number of benzene rings is 1. The zero-order valence-electron chi connectivity index (χ0n) is 10.5. The third-order valence-corrected chi connectivity index (χ3v) is 2.48. The molecule has 2 amide bonds. The van der Waals surface area contributed by atoms with Crippen molar-refractivity contribution >= 4 is 11.8 Å². The highest BCUT2D eigenvalue weighted by Gasteiger charge is 2.30. The molecule has 0 spiro atoms. The Bertz CT molecular complexity index is 489. The van der Waals surface area contributed by atoms with Gasteiger partial charge in [-0.05, 0) is 17.7 Å². The number of nitrogens with one attached hydrogen (secondary N) is 2. The first kappa shape index (κ1) is 16.0. The summed E-state index contributed by atoms with van der Waals surface area (Å²) in [5, 5.41) is 2.43. The van der Waals surface area contributed by atoms with Gasteiger partial charge in [0.1, 0.15) is 0 Å². The van der Waals surface area contributed by atoms with Crippen molar-refractivity contribution in [1.29, 1.82) is 0 Å². The molecule has 0 fully saturated rings. The van der Waals surface area contributed by atoms with Crippen molar-refractivity contribution in [2.75, 3.05) is 0 Å². The molecule has 1 aromatic rings. The lowest BCUT2D eigenvalue weighted by Crippen LogP contribution is -2.31. The van der Waals surface area contributed by atoms with Gasteiger partial charge >= 0.3 is 6.18 Å². The molecule has 0 atom stereocenters. The van der Waals surface area contributed by atoms with E-state index in [2.05, 4.69) is 5.32 Å². The zero-order valence-corrected chi connectivity index (χ0v) is 10.5. The number of halogens is 3. The second-order valence-corrected chi connectivity index (χ2v) is 4.04. The van der Waals surface area contributed by atoms with E-state index in [1.807, 2.05) is 5.43 Å². The summed E-state index contributed by atoms with van der Waals surface area (Å²) in [6.07, 6.45) is -4.58. The van der Waals surface area contributed by atoms with Crippen LogP contribution in [0.4, 0.5) is 13.2 Å². The van der Waals surface area contributed by atoms with Gasteiger partial charge < -0.3 is 5.32 Å². The molecule has 0 heterocycles. The monoisotopic (exact) mass is 289 g/mol. The molecular formula is C12H14F3N3O2. The van der Waals surface area contributed by atoms with Crippen LogP contribution < -0.4 is 16.6 Å². The van der Waals surface area contributed by atoms with Crippen molar-refractivity contribution in [3.8, 4) is 0 Å². The summed E-state index contributed by atoms with van der Waals surface area (Å²) in [7, 11) is 0. The number of hydrogen-bond acceptors (Lipinski definition) is 3. The summed E-state index contributed by atoms with van der Waals surface area (Å²) in [6.45, 7) is -0.0347. The summed E-state index contributed by atoms with van der Waals surface area (Å²) >= 11 is 0. The Balaban J connectivity index is 2.50. The standard InChI is InChI=1S/C12H14F3N3O2/c13-12(14,15)9-3-1-2-8(6-9)7-17-10(19)4-5-11(20)18-16/h1-3,6H,4-5,7,16H2,(H,17,19)(H,18,20). The third-order valence-electron chi connectivity index (χ3n) is 2.48. The minimum atomic E-state index is -4.42. The fraction of sp³-hybridized carbons (Fsp3) is 0.333. The maximum atomic E-state index is 12.5. The SMILES string of the molecule is NNC(=O)CCC(=O)NCc1cccc(C(F)(F)F)c1. The van der Waals surface area contributed by atoms with Crippen LogP contribution >= 0.6 is 0 Å². The van der Waals surface area contributed by atoms with E-state index in [9.17, 15) is 22.8 Å². The number of hydrazine groups is 1. The average Bonchev–Trinajstić information content (AvgIpc) is 2.41. The maximum Gasteiger partial charge on any atom is 0.416 e. The van der Waals surface area contributed by atoms with Gasteiger partial charge in [0, 0.05) is 19.4 Å². The molecule has 0 aliphatic carbocycles. The van der Waals surface area contributed by atoms with Crippen LogP contribution in [0.1, 0.15) is 24.0 Å². The van der Waals surface area contributed by atoms with Crippen molar-refractivity contribution in [3.05, 3.63) is 35.4 Å². The third kappa shape index (κ3) is 5.27. The molecular weight excluding hydrogens is 275 g/mol. The van der Waals surface area contributed by atoms with Crippen LogP contribution in [0.2, 0.25) is 0 Å². The summed E-state index contributed by atoms with van der Waals surface area (Å²) in [6, 6.07) is 4.66. The van der Waals surface area contributed by atoms with Crippen molar-refractivity contribution < 1.29 is 22.8 Å². The molecule has 20 heavy (non-hydrogen) atoms. The smallest absolute Gasteiger partial charge is 0.352 e. The number of amides is 2. The van der Waals surface area contributed by atoms with E-state index in [4.69, 9.17) is 5.84 Å². The molecule has 0 bridgehead atoms. The Morgan fingerprint density at radius 3 is 2.40 bits per heavy atom. The van der Waals surface area contributed by atoms with Crippen molar-refractivity contribution in [2.45, 2.75) is 25.6 Å². The first-order chi connectivity index (χ1) is 9.32. The van der Waals surface area contributed by atoms with Crippen LogP contribution in [-0.2, 0) is 22.3 Å². The Hall–Kier alpha value is -2.09. The number of hydrogen-bond donors (Lipinski definition) is 3. The van der Waals surface area contributed by atoms with Gasteiger partial charge in [0.2, 0.25) is 11.8 Å². The Morgan fingerprint density at radius 1 is 1.15 bits per heavy atom. The van der Waals surface area contributed by atoms with Crippen molar-refractivity contribution in [2.24, 2.45) is 5.84 Å². The fourth-order valence-corrected chi connectivity index (χ4v) is 1.45. The predicted octanol–water partition coefficient (Wildman–Crippen LogP) is 1.09. The second kappa shape index (κ2) is 6.90. The molecule has 0 aliphatic heterocycles. The van der Waals surface area contributed by atoms with E-state index < -0.39 is 23.6 Å². The maximum absolute atomic E-state index is 12.5. The molecule has 0 saturated carbocycles. The normalized spacial score (nSPS) is 11.0. The van der Waals surface area contributed by atoms with Gasteiger partial charge in [0.25, 0.3) is 0 Å². The molecule has 110 valence electrons. The van der Waals surface area contributed by atoms with Gasteiger partial charge in [-0.1, -0.05) is 12.1 Å². The first-order valence-electron chi connectivity index (χ1n) is 5.75. The summed E-state index contributed by atoms with van der Waals surface area (Å²) in [5.74, 6) is 3.92. The molecule has 1 aromatic carbocycles. The zero-order chi connectivity index (χ0) is 15.2. The highest BCUT2D eigenvalue weighted by atomic mass is 19.4. The average molecular weight is 289 g/mol. The van der Waals surface area contributed by atoms with Gasteiger partial charge in [-0.15, -0.1) is 0 Å². The topological polar surface area (TPSA) is 84.2 Å². The molecule has 8 heteroatoms. The fourth-order valence-electron chi connectivity index (χ4n) is 1.45. The summed E-state index contributed by atoms with van der Waals surface area (Å²) in [4.78, 5) is 22.2. The van der Waals surface area contributed by atoms with E-state index in [0.29, 0.717) is 5.56 Å². The second-order valence-electron chi connectivity index (χ2n) is 4.04. The van der Waals surface area contributed by atoms with Gasteiger partial charge in [0.15, 0.2) is 0 Å². The molecule has 5 nitrogen and oxygen atoms in total. The number of alkyl halides is 3. The summed E-state index contributed by atoms with van der Waals surface area (Å²) in [5.41, 5.74) is 1.43. The first-order valence-corrected chi connectivity index (χ1v) is 5.75. The van der Waals surface area contributed by atoms with Crippen molar-refractivity contribution in [3.63, 3.8) is 0 Å². The van der Waals surface area contributed by atoms with Crippen LogP contribution in [0.5, 0.6) is 0 Å². The van der Waals surface area contributed by atoms with E-state index >= 15 is 0 Å². The lowest BCUT2D eigenvalue weighted by molar-refractivity contribution is -0.137. The lowest BCUT2D eigenvalue weighted by atomic mass is 10.1. The molecule has 0 aliphatic rings. The van der Waals surface area contributed by atoms with Crippen LogP contribution in [0.15, 0.2) is 24.3 Å². The van der Waals surface area contributed by atoms with Gasteiger partial charge in [-0.25, -0.2) is 5.84 Å². The van der Waals surface area contributed by atoms with Gasteiger partial charge in [-0.2, -0.15) is 13.2 Å². The molecule has 0 aromatic heterocycles. The number of carbonyl (C=O) groups excluding carboxylic acids is 2. The van der Waals surface area contributed by atoms with Gasteiger partial charge in [0.05, 0.1) is 5.56 Å². The molecule has 0 saturated heterocycles. The van der Waals surface area contributed by atoms with Crippen molar-refractivity contribution in [1.82, 2.24) is 10.7 Å². The van der Waals surface area contributed by atoms with E-state index in [1.54, 1.807) is 0 Å². The molecule has 4 N–H and O–H groups in total. The number of nitrogens with two attached hydrogens (primary N) is 1. The Kier molecular flexibility index (Phi) is 5.51. The highest BCUT2D eigenvalue weighted by Crippen LogP contribution is 2.29. The Labute approximate surface area is 113 Å². The van der Waals surface area contributed by atoms with E-state index in [0.717, 1.165) is 12.1 Å². The van der Waals surface area contributed by atoms with Gasteiger partial charge in [-0.3, -0.25) is 15.0 Å². The largest absolute Gasteiger partial charge is 0.416 e. The molecule has 1 rings (SSSR count). The minimum Gasteiger partial charge on any atom is -0.352 e. The summed E-state index contributed by atoms with van der Waals surface area (Å²) < 4.78 is 37.4. The van der Waals surface area contributed by atoms with E-state index in [-0.39, 0.29) is 19.4 Å². The van der Waals surface area contributed by atoms with Crippen LogP contribution in [0.3, 0.4) is 0 Å². The van der Waals surface area contributed by atoms with E-state index in [1.165, 1.54) is 12.1 Å².